The van der Waals surface area contributed by atoms with Crippen molar-refractivity contribution in [1.29, 1.82) is 0 Å². The molecule has 0 bridgehead atoms. The van der Waals surface area contributed by atoms with Gasteiger partial charge in [-0.1, -0.05) is 6.92 Å². The first-order valence-electron chi connectivity index (χ1n) is 7.38. The number of thiazole rings is 1. The minimum atomic E-state index is -0.192. The second-order valence-corrected chi connectivity index (χ2v) is 7.31. The lowest BCUT2D eigenvalue weighted by molar-refractivity contribution is 0.0969. The van der Waals surface area contributed by atoms with Gasteiger partial charge in [0, 0.05) is 30.7 Å². The van der Waals surface area contributed by atoms with Crippen LogP contribution in [0, 0.1) is 5.92 Å². The Morgan fingerprint density at radius 1 is 1.55 bits per heavy atom. The summed E-state index contributed by atoms with van der Waals surface area (Å²) in [6.07, 6.45) is 4.25. The summed E-state index contributed by atoms with van der Waals surface area (Å²) in [5.41, 5.74) is 1.11. The molecule has 0 amide bonds. The molecule has 2 rings (SSSR count). The molecule has 1 aliphatic carbocycles. The molecule has 114 valence electrons. The molecule has 1 aromatic heterocycles. The topological polar surface area (TPSA) is 54.4 Å². The van der Waals surface area contributed by atoms with Gasteiger partial charge < -0.3 is 15.2 Å². The normalized spacial score (nSPS) is 21.5. The van der Waals surface area contributed by atoms with Crippen LogP contribution < -0.4 is 5.32 Å². The molecule has 0 spiro atoms. The van der Waals surface area contributed by atoms with Crippen LogP contribution in [0.25, 0.3) is 0 Å². The van der Waals surface area contributed by atoms with Crippen molar-refractivity contribution in [3.05, 3.63) is 15.6 Å². The summed E-state index contributed by atoms with van der Waals surface area (Å²) in [6.45, 7) is 5.92. The summed E-state index contributed by atoms with van der Waals surface area (Å²) in [5.74, 6) is 0.789. The van der Waals surface area contributed by atoms with Crippen LogP contribution >= 0.6 is 11.3 Å². The molecule has 2 atom stereocenters. The molecular weight excluding hydrogens is 272 g/mol. The van der Waals surface area contributed by atoms with E-state index in [-0.39, 0.29) is 12.1 Å². The lowest BCUT2D eigenvalue weighted by Crippen LogP contribution is -2.46. The number of methoxy groups -OCH3 is 1. The second kappa shape index (κ2) is 6.98. The first-order valence-corrected chi connectivity index (χ1v) is 8.20. The maximum Gasteiger partial charge on any atom is 0.107 e. The van der Waals surface area contributed by atoms with Crippen molar-refractivity contribution in [3.63, 3.8) is 0 Å². The molecule has 2 unspecified atom stereocenters. The van der Waals surface area contributed by atoms with Gasteiger partial charge in [0.1, 0.15) is 5.01 Å². The van der Waals surface area contributed by atoms with Gasteiger partial charge in [-0.15, -0.1) is 11.3 Å². The van der Waals surface area contributed by atoms with Crippen LogP contribution in [-0.2, 0) is 24.1 Å². The van der Waals surface area contributed by atoms with Crippen LogP contribution in [0.4, 0.5) is 0 Å². The summed E-state index contributed by atoms with van der Waals surface area (Å²) in [6, 6.07) is 0. The summed E-state index contributed by atoms with van der Waals surface area (Å²) < 4.78 is 5.25. The fourth-order valence-electron chi connectivity index (χ4n) is 2.73. The summed E-state index contributed by atoms with van der Waals surface area (Å²) in [5, 5.41) is 13.8. The molecule has 5 heteroatoms. The molecule has 1 heterocycles. The van der Waals surface area contributed by atoms with Crippen LogP contribution in [0.1, 0.15) is 42.3 Å². The van der Waals surface area contributed by atoms with E-state index in [2.05, 4.69) is 19.2 Å². The van der Waals surface area contributed by atoms with Crippen molar-refractivity contribution in [2.24, 2.45) is 5.92 Å². The molecule has 0 saturated carbocycles. The number of aliphatic hydroxyl groups excluding tert-OH is 1. The molecule has 0 fully saturated rings. The molecule has 0 saturated heterocycles. The lowest BCUT2D eigenvalue weighted by atomic mass is 9.93. The zero-order chi connectivity index (χ0) is 14.6. The van der Waals surface area contributed by atoms with Gasteiger partial charge in [-0.2, -0.15) is 0 Å². The summed E-state index contributed by atoms with van der Waals surface area (Å²) in [7, 11) is 1.70. The van der Waals surface area contributed by atoms with Gasteiger partial charge >= 0.3 is 0 Å². The molecule has 4 nitrogen and oxygen atoms in total. The predicted molar refractivity (Wildman–Crippen MR) is 82.1 cm³/mol. The number of rotatable bonds is 7. The van der Waals surface area contributed by atoms with Gasteiger partial charge in [0.2, 0.25) is 0 Å². The van der Waals surface area contributed by atoms with E-state index in [4.69, 9.17) is 9.72 Å². The van der Waals surface area contributed by atoms with Gasteiger partial charge in [0.25, 0.3) is 0 Å². The van der Waals surface area contributed by atoms with Crippen LogP contribution in [0.5, 0.6) is 0 Å². The minimum Gasteiger partial charge on any atom is -0.396 e. The fourth-order valence-corrected chi connectivity index (χ4v) is 3.95. The molecule has 0 aromatic carbocycles. The SMILES string of the molecule is COCC(C)(CCO)NCc1nc2c(s1)CC(C)CC2. The third-order valence-electron chi connectivity index (χ3n) is 4.02. The Bertz CT molecular complexity index is 428. The maximum atomic E-state index is 9.18. The largest absolute Gasteiger partial charge is 0.396 e. The summed E-state index contributed by atoms with van der Waals surface area (Å²) in [4.78, 5) is 6.23. The van der Waals surface area contributed by atoms with Gasteiger partial charge in [-0.05, 0) is 38.5 Å². The van der Waals surface area contributed by atoms with E-state index in [9.17, 15) is 5.11 Å². The van der Waals surface area contributed by atoms with Crippen molar-refractivity contribution in [1.82, 2.24) is 10.3 Å². The smallest absolute Gasteiger partial charge is 0.107 e. The van der Waals surface area contributed by atoms with E-state index in [0.29, 0.717) is 13.0 Å². The van der Waals surface area contributed by atoms with Gasteiger partial charge in [-0.3, -0.25) is 0 Å². The number of fused-ring (bicyclic) bond motifs is 1. The van der Waals surface area contributed by atoms with Crippen molar-refractivity contribution in [2.75, 3.05) is 20.3 Å². The fraction of sp³-hybridized carbons (Fsp3) is 0.800. The highest BCUT2D eigenvalue weighted by molar-refractivity contribution is 7.11. The number of nitrogens with one attached hydrogen (secondary N) is 1. The monoisotopic (exact) mass is 298 g/mol. The third-order valence-corrected chi connectivity index (χ3v) is 5.14. The maximum absolute atomic E-state index is 9.18. The number of aromatic nitrogens is 1. The zero-order valence-corrected chi connectivity index (χ0v) is 13.6. The van der Waals surface area contributed by atoms with Crippen LogP contribution in [0.2, 0.25) is 0 Å². The van der Waals surface area contributed by atoms with Crippen molar-refractivity contribution >= 4 is 11.3 Å². The Hall–Kier alpha value is -0.490. The highest BCUT2D eigenvalue weighted by Gasteiger charge is 2.24. The first-order chi connectivity index (χ1) is 9.56. The Kier molecular flexibility index (Phi) is 5.55. The molecule has 1 aromatic rings. The van der Waals surface area contributed by atoms with E-state index in [1.165, 1.54) is 23.4 Å². The molecular formula is C15H26N2O2S. The van der Waals surface area contributed by atoms with E-state index >= 15 is 0 Å². The molecule has 0 aliphatic heterocycles. The van der Waals surface area contributed by atoms with Crippen LogP contribution in [0.3, 0.4) is 0 Å². The second-order valence-electron chi connectivity index (χ2n) is 6.15. The highest BCUT2D eigenvalue weighted by Crippen LogP contribution is 2.29. The van der Waals surface area contributed by atoms with Gasteiger partial charge in [0.15, 0.2) is 0 Å². The highest BCUT2D eigenvalue weighted by atomic mass is 32.1. The number of ether oxygens (including phenoxy) is 1. The molecule has 0 radical (unpaired) electrons. The quantitative estimate of drug-likeness (QED) is 0.810. The average molecular weight is 298 g/mol. The van der Waals surface area contributed by atoms with Crippen molar-refractivity contribution in [2.45, 2.75) is 51.6 Å². The Balaban J connectivity index is 1.96. The average Bonchev–Trinajstić information content (AvgIpc) is 2.79. The van der Waals surface area contributed by atoms with Gasteiger partial charge in [-0.25, -0.2) is 4.98 Å². The Morgan fingerprint density at radius 3 is 3.05 bits per heavy atom. The number of hydrogen-bond acceptors (Lipinski definition) is 5. The Labute approximate surface area is 125 Å². The molecule has 20 heavy (non-hydrogen) atoms. The number of nitrogens with zero attached hydrogens (tertiary/aromatic N) is 1. The number of aliphatic hydroxyl groups is 1. The van der Waals surface area contributed by atoms with Gasteiger partial charge in [0.05, 0.1) is 12.3 Å². The third kappa shape index (κ3) is 4.01. The molecule has 2 N–H and O–H groups in total. The minimum absolute atomic E-state index is 0.165. The van der Waals surface area contributed by atoms with Crippen LogP contribution in [-0.4, -0.2) is 36.0 Å². The predicted octanol–water partition coefficient (Wildman–Crippen LogP) is 2.15. The van der Waals surface area contributed by atoms with Crippen molar-refractivity contribution in [3.8, 4) is 0 Å². The van der Waals surface area contributed by atoms with E-state index < -0.39 is 0 Å². The summed E-state index contributed by atoms with van der Waals surface area (Å²) >= 11 is 1.84. The lowest BCUT2D eigenvalue weighted by Gasteiger charge is -2.29. The molecule has 1 aliphatic rings. The van der Waals surface area contributed by atoms with Crippen molar-refractivity contribution < 1.29 is 9.84 Å². The standard InChI is InChI=1S/C15H26N2O2S/c1-11-4-5-12-13(8-11)20-14(17-12)9-16-15(2,6-7-18)10-19-3/h11,16,18H,4-10H2,1-3H3. The number of aryl methyl sites for hydroxylation is 1. The Morgan fingerprint density at radius 2 is 2.35 bits per heavy atom. The number of hydrogen-bond donors (Lipinski definition) is 2. The van der Waals surface area contributed by atoms with E-state index in [1.54, 1.807) is 7.11 Å². The first kappa shape index (κ1) is 15.9. The van der Waals surface area contributed by atoms with Crippen LogP contribution in [0.15, 0.2) is 0 Å². The van der Waals surface area contributed by atoms with E-state index in [1.807, 2.05) is 11.3 Å². The van der Waals surface area contributed by atoms with E-state index in [0.717, 1.165) is 23.9 Å². The zero-order valence-electron chi connectivity index (χ0n) is 12.7.